The standard InChI is InChI=1S/C9H10F3N5/c1-2-5-3-7-14-6(9(10,11)12)4-8(15-13)17(7)16-5/h3-4,15H,2,13H2,1H3. The highest BCUT2D eigenvalue weighted by Gasteiger charge is 2.33. The molecule has 0 aliphatic heterocycles. The Balaban J connectivity index is 2.68. The monoisotopic (exact) mass is 245 g/mol. The topological polar surface area (TPSA) is 68.2 Å². The second kappa shape index (κ2) is 3.88. The summed E-state index contributed by atoms with van der Waals surface area (Å²) < 4.78 is 38.9. The molecule has 0 aliphatic carbocycles. The summed E-state index contributed by atoms with van der Waals surface area (Å²) in [6.45, 7) is 1.85. The Hall–Kier alpha value is -1.83. The number of halogens is 3. The van der Waals surface area contributed by atoms with Gasteiger partial charge in [-0.2, -0.15) is 22.8 Å². The Morgan fingerprint density at radius 2 is 2.12 bits per heavy atom. The molecule has 8 heteroatoms. The van der Waals surface area contributed by atoms with Crippen LogP contribution in [-0.4, -0.2) is 14.6 Å². The Morgan fingerprint density at radius 1 is 1.41 bits per heavy atom. The van der Waals surface area contributed by atoms with Crippen molar-refractivity contribution in [3.8, 4) is 0 Å². The van der Waals surface area contributed by atoms with E-state index >= 15 is 0 Å². The predicted molar refractivity (Wildman–Crippen MR) is 55.2 cm³/mol. The van der Waals surface area contributed by atoms with Crippen molar-refractivity contribution in [2.45, 2.75) is 19.5 Å². The smallest absolute Gasteiger partial charge is 0.308 e. The number of nitrogens with zero attached hydrogens (tertiary/aromatic N) is 3. The molecule has 0 spiro atoms. The molecule has 2 aromatic heterocycles. The van der Waals surface area contributed by atoms with Gasteiger partial charge in [0, 0.05) is 12.1 Å². The Morgan fingerprint density at radius 3 is 2.65 bits per heavy atom. The van der Waals surface area contributed by atoms with E-state index in [1.165, 1.54) is 10.6 Å². The van der Waals surface area contributed by atoms with E-state index in [1.54, 1.807) is 0 Å². The van der Waals surface area contributed by atoms with E-state index in [4.69, 9.17) is 5.84 Å². The number of hydrogen-bond acceptors (Lipinski definition) is 4. The molecule has 0 fully saturated rings. The van der Waals surface area contributed by atoms with Crippen molar-refractivity contribution in [1.29, 1.82) is 0 Å². The maximum absolute atomic E-state index is 12.6. The Labute approximate surface area is 94.4 Å². The van der Waals surface area contributed by atoms with Gasteiger partial charge in [-0.05, 0) is 6.42 Å². The molecule has 0 atom stereocenters. The van der Waals surface area contributed by atoms with Crippen molar-refractivity contribution >= 4 is 11.5 Å². The molecule has 0 aliphatic rings. The molecule has 92 valence electrons. The summed E-state index contributed by atoms with van der Waals surface area (Å²) in [5, 5.41) is 4.07. The minimum atomic E-state index is -4.51. The quantitative estimate of drug-likeness (QED) is 0.622. The maximum Gasteiger partial charge on any atom is 0.433 e. The van der Waals surface area contributed by atoms with Crippen LogP contribution in [0.2, 0.25) is 0 Å². The van der Waals surface area contributed by atoms with Crippen LogP contribution in [0.25, 0.3) is 5.65 Å². The lowest BCUT2D eigenvalue weighted by molar-refractivity contribution is -0.141. The van der Waals surface area contributed by atoms with Gasteiger partial charge in [0.25, 0.3) is 0 Å². The minimum Gasteiger partial charge on any atom is -0.308 e. The van der Waals surface area contributed by atoms with Crippen molar-refractivity contribution in [3.05, 3.63) is 23.5 Å². The SMILES string of the molecule is CCc1cc2nc(C(F)(F)F)cc(NN)n2n1. The molecule has 0 saturated carbocycles. The number of alkyl halides is 3. The summed E-state index contributed by atoms with van der Waals surface area (Å²) in [5.74, 6) is 5.22. The third-order valence-corrected chi connectivity index (χ3v) is 2.28. The van der Waals surface area contributed by atoms with Gasteiger partial charge in [0.15, 0.2) is 11.3 Å². The van der Waals surface area contributed by atoms with E-state index < -0.39 is 11.9 Å². The van der Waals surface area contributed by atoms with Crippen molar-refractivity contribution < 1.29 is 13.2 Å². The molecule has 2 heterocycles. The third-order valence-electron chi connectivity index (χ3n) is 2.28. The number of hydrogen-bond donors (Lipinski definition) is 2. The highest BCUT2D eigenvalue weighted by molar-refractivity contribution is 5.50. The number of aromatic nitrogens is 3. The molecule has 2 aromatic rings. The summed E-state index contributed by atoms with van der Waals surface area (Å²) >= 11 is 0. The summed E-state index contributed by atoms with van der Waals surface area (Å²) in [5.41, 5.74) is 1.94. The van der Waals surface area contributed by atoms with Gasteiger partial charge in [-0.3, -0.25) is 0 Å². The van der Waals surface area contributed by atoms with Crippen LogP contribution in [0.3, 0.4) is 0 Å². The number of rotatable bonds is 2. The molecule has 17 heavy (non-hydrogen) atoms. The highest BCUT2D eigenvalue weighted by Crippen LogP contribution is 2.29. The first-order valence-electron chi connectivity index (χ1n) is 4.89. The zero-order valence-electron chi connectivity index (χ0n) is 8.91. The number of anilines is 1. The molecule has 0 amide bonds. The Bertz CT molecular complexity index is 545. The van der Waals surface area contributed by atoms with Crippen LogP contribution >= 0.6 is 0 Å². The predicted octanol–water partition coefficient (Wildman–Crippen LogP) is 1.60. The third kappa shape index (κ3) is 2.03. The lowest BCUT2D eigenvalue weighted by atomic mass is 10.3. The van der Waals surface area contributed by atoms with Crippen LogP contribution in [0, 0.1) is 0 Å². The van der Waals surface area contributed by atoms with Gasteiger partial charge < -0.3 is 5.43 Å². The molecule has 2 rings (SSSR count). The van der Waals surface area contributed by atoms with E-state index in [9.17, 15) is 13.2 Å². The van der Waals surface area contributed by atoms with Crippen molar-refractivity contribution in [1.82, 2.24) is 14.6 Å². The molecule has 0 unspecified atom stereocenters. The number of aryl methyl sites for hydroxylation is 1. The minimum absolute atomic E-state index is 0.0435. The van der Waals surface area contributed by atoms with Crippen LogP contribution in [0.15, 0.2) is 12.1 Å². The van der Waals surface area contributed by atoms with Crippen LogP contribution in [0.5, 0.6) is 0 Å². The molecule has 3 N–H and O–H groups in total. The normalized spacial score (nSPS) is 12.1. The fraction of sp³-hybridized carbons (Fsp3) is 0.333. The van der Waals surface area contributed by atoms with Crippen molar-refractivity contribution in [3.63, 3.8) is 0 Å². The van der Waals surface area contributed by atoms with Crippen molar-refractivity contribution in [2.75, 3.05) is 5.43 Å². The molecular weight excluding hydrogens is 235 g/mol. The van der Waals surface area contributed by atoms with Gasteiger partial charge in [-0.15, -0.1) is 0 Å². The van der Waals surface area contributed by atoms with E-state index in [1.807, 2.05) is 6.92 Å². The molecule has 0 aromatic carbocycles. The van der Waals surface area contributed by atoms with Crippen LogP contribution in [0.4, 0.5) is 19.0 Å². The zero-order chi connectivity index (χ0) is 12.6. The first-order chi connectivity index (χ1) is 7.95. The van der Waals surface area contributed by atoms with Gasteiger partial charge >= 0.3 is 6.18 Å². The van der Waals surface area contributed by atoms with Gasteiger partial charge in [0.2, 0.25) is 0 Å². The van der Waals surface area contributed by atoms with Crippen LogP contribution in [-0.2, 0) is 12.6 Å². The summed E-state index contributed by atoms with van der Waals surface area (Å²) in [6.07, 6.45) is -3.90. The second-order valence-corrected chi connectivity index (χ2v) is 3.43. The molecule has 5 nitrogen and oxygen atoms in total. The average Bonchev–Trinajstić information content (AvgIpc) is 2.69. The van der Waals surface area contributed by atoms with E-state index in [0.29, 0.717) is 12.1 Å². The average molecular weight is 245 g/mol. The van der Waals surface area contributed by atoms with E-state index in [-0.39, 0.29) is 11.5 Å². The lowest BCUT2D eigenvalue weighted by Gasteiger charge is -2.09. The summed E-state index contributed by atoms with van der Waals surface area (Å²) in [7, 11) is 0. The number of nitrogen functional groups attached to an aromatic ring is 1. The molecule has 0 radical (unpaired) electrons. The fourth-order valence-electron chi connectivity index (χ4n) is 1.44. The largest absolute Gasteiger partial charge is 0.433 e. The lowest BCUT2D eigenvalue weighted by Crippen LogP contribution is -2.16. The number of fused-ring (bicyclic) bond motifs is 1. The maximum atomic E-state index is 12.6. The van der Waals surface area contributed by atoms with E-state index in [2.05, 4.69) is 15.5 Å². The number of nitrogens with two attached hydrogens (primary N) is 1. The van der Waals surface area contributed by atoms with E-state index in [0.717, 1.165) is 6.07 Å². The fourth-order valence-corrected chi connectivity index (χ4v) is 1.44. The second-order valence-electron chi connectivity index (χ2n) is 3.43. The molecule has 0 saturated heterocycles. The summed E-state index contributed by atoms with van der Waals surface area (Å²) in [6, 6.07) is 2.32. The first-order valence-corrected chi connectivity index (χ1v) is 4.89. The van der Waals surface area contributed by atoms with Gasteiger partial charge in [-0.1, -0.05) is 6.92 Å². The van der Waals surface area contributed by atoms with Crippen LogP contribution < -0.4 is 11.3 Å². The molecule has 0 bridgehead atoms. The van der Waals surface area contributed by atoms with Gasteiger partial charge in [0.05, 0.1) is 5.69 Å². The Kier molecular flexibility index (Phi) is 2.66. The molecular formula is C9H10F3N5. The van der Waals surface area contributed by atoms with Gasteiger partial charge in [0.1, 0.15) is 5.82 Å². The zero-order valence-corrected chi connectivity index (χ0v) is 8.91. The van der Waals surface area contributed by atoms with Crippen LogP contribution in [0.1, 0.15) is 18.3 Å². The summed E-state index contributed by atoms with van der Waals surface area (Å²) in [4.78, 5) is 3.50. The van der Waals surface area contributed by atoms with Crippen molar-refractivity contribution in [2.24, 2.45) is 5.84 Å². The van der Waals surface area contributed by atoms with Gasteiger partial charge in [-0.25, -0.2) is 10.8 Å². The first kappa shape index (κ1) is 11.6. The highest BCUT2D eigenvalue weighted by atomic mass is 19.4. The number of hydrazine groups is 1. The number of nitrogens with one attached hydrogen (secondary N) is 1.